The van der Waals surface area contributed by atoms with E-state index in [0.717, 1.165) is 22.3 Å². The summed E-state index contributed by atoms with van der Waals surface area (Å²) in [5.74, 6) is 0. The Balaban J connectivity index is 2.04. The number of halogens is 1. The molecule has 0 unspecified atom stereocenters. The smallest absolute Gasteiger partial charge is 0.0681 e. The second-order valence-electron chi connectivity index (χ2n) is 4.24. The summed E-state index contributed by atoms with van der Waals surface area (Å²) in [4.78, 5) is 0. The zero-order chi connectivity index (χ0) is 13.0. The maximum atomic E-state index is 8.98. The molecule has 0 aliphatic carbocycles. The molecule has 0 bridgehead atoms. The van der Waals surface area contributed by atoms with E-state index in [4.69, 9.17) is 5.11 Å². The maximum Gasteiger partial charge on any atom is 0.0681 e. The molecule has 0 amide bonds. The van der Waals surface area contributed by atoms with Gasteiger partial charge in [-0.15, -0.1) is 0 Å². The number of nitrogens with one attached hydrogen (secondary N) is 1. The molecule has 0 saturated carbocycles. The monoisotopic (exact) mass is 305 g/mol. The molecule has 18 heavy (non-hydrogen) atoms. The minimum atomic E-state index is 0.0957. The first-order valence-corrected chi connectivity index (χ1v) is 6.67. The van der Waals surface area contributed by atoms with Crippen LogP contribution in [0, 0.1) is 6.92 Å². The fourth-order valence-corrected chi connectivity index (χ4v) is 2.12. The molecule has 3 heteroatoms. The van der Waals surface area contributed by atoms with Crippen LogP contribution in [0.2, 0.25) is 0 Å². The van der Waals surface area contributed by atoms with Crippen molar-refractivity contribution in [1.29, 1.82) is 0 Å². The molecular weight excluding hydrogens is 290 g/mol. The van der Waals surface area contributed by atoms with Crippen molar-refractivity contribution in [3.63, 3.8) is 0 Å². The highest BCUT2D eigenvalue weighted by atomic mass is 79.9. The summed E-state index contributed by atoms with van der Waals surface area (Å²) in [7, 11) is 0. The predicted molar refractivity (Wildman–Crippen MR) is 78.6 cm³/mol. The lowest BCUT2D eigenvalue weighted by Gasteiger charge is -2.11. The Morgan fingerprint density at radius 1 is 1.06 bits per heavy atom. The van der Waals surface area contributed by atoms with Crippen molar-refractivity contribution in [3.05, 3.63) is 63.6 Å². The van der Waals surface area contributed by atoms with E-state index in [1.54, 1.807) is 0 Å². The van der Waals surface area contributed by atoms with Gasteiger partial charge in [0.1, 0.15) is 0 Å². The minimum Gasteiger partial charge on any atom is -0.392 e. The molecule has 94 valence electrons. The van der Waals surface area contributed by atoms with Crippen molar-refractivity contribution in [1.82, 2.24) is 0 Å². The Bertz CT molecular complexity index is 523. The third-order valence-electron chi connectivity index (χ3n) is 2.96. The van der Waals surface area contributed by atoms with Crippen LogP contribution in [0.15, 0.2) is 46.9 Å². The molecule has 0 fully saturated rings. The van der Waals surface area contributed by atoms with Gasteiger partial charge in [0.25, 0.3) is 0 Å². The van der Waals surface area contributed by atoms with Crippen molar-refractivity contribution in [2.75, 3.05) is 5.32 Å². The molecule has 0 aromatic heterocycles. The van der Waals surface area contributed by atoms with E-state index in [9.17, 15) is 0 Å². The lowest BCUT2D eigenvalue weighted by molar-refractivity contribution is 0.282. The van der Waals surface area contributed by atoms with Gasteiger partial charge in [0.2, 0.25) is 0 Å². The molecule has 0 atom stereocenters. The lowest BCUT2D eigenvalue weighted by Crippen LogP contribution is -2.01. The molecule has 2 aromatic carbocycles. The number of anilines is 1. The van der Waals surface area contributed by atoms with Gasteiger partial charge in [-0.05, 0) is 35.7 Å². The van der Waals surface area contributed by atoms with Crippen LogP contribution in [0.4, 0.5) is 5.69 Å². The van der Waals surface area contributed by atoms with E-state index < -0.39 is 0 Å². The number of benzene rings is 2. The van der Waals surface area contributed by atoms with Gasteiger partial charge in [0.15, 0.2) is 0 Å². The number of hydrogen-bond acceptors (Lipinski definition) is 2. The average molecular weight is 306 g/mol. The standard InChI is InChI=1S/C15H16BrNO/c1-11-14(16)3-2-4-15(11)17-9-12-5-7-13(10-18)8-6-12/h2-8,17-18H,9-10H2,1H3. The van der Waals surface area contributed by atoms with Gasteiger partial charge in [-0.1, -0.05) is 46.3 Å². The van der Waals surface area contributed by atoms with Gasteiger partial charge in [-0.2, -0.15) is 0 Å². The van der Waals surface area contributed by atoms with E-state index in [0.29, 0.717) is 0 Å². The zero-order valence-electron chi connectivity index (χ0n) is 10.3. The summed E-state index contributed by atoms with van der Waals surface area (Å²) >= 11 is 3.52. The number of rotatable bonds is 4. The Kier molecular flexibility index (Phi) is 4.39. The van der Waals surface area contributed by atoms with Crippen LogP contribution in [-0.4, -0.2) is 5.11 Å². The maximum absolute atomic E-state index is 8.98. The summed E-state index contributed by atoms with van der Waals surface area (Å²) in [6, 6.07) is 14.1. The predicted octanol–water partition coefficient (Wildman–Crippen LogP) is 3.86. The molecule has 0 saturated heterocycles. The molecule has 0 radical (unpaired) electrons. The van der Waals surface area contributed by atoms with Gasteiger partial charge < -0.3 is 10.4 Å². The van der Waals surface area contributed by atoms with E-state index in [1.807, 2.05) is 36.4 Å². The van der Waals surface area contributed by atoms with E-state index in [1.165, 1.54) is 11.1 Å². The largest absolute Gasteiger partial charge is 0.392 e. The fraction of sp³-hybridized carbons (Fsp3) is 0.200. The zero-order valence-corrected chi connectivity index (χ0v) is 11.9. The first-order valence-electron chi connectivity index (χ1n) is 5.88. The normalized spacial score (nSPS) is 10.4. The lowest BCUT2D eigenvalue weighted by atomic mass is 10.1. The second-order valence-corrected chi connectivity index (χ2v) is 5.09. The molecule has 0 spiro atoms. The summed E-state index contributed by atoms with van der Waals surface area (Å²) in [6.07, 6.45) is 0. The average Bonchev–Trinajstić information content (AvgIpc) is 2.41. The van der Waals surface area contributed by atoms with Crippen LogP contribution < -0.4 is 5.32 Å². The first kappa shape index (κ1) is 13.1. The molecule has 0 aliphatic heterocycles. The summed E-state index contributed by atoms with van der Waals surface area (Å²) in [6.45, 7) is 2.96. The van der Waals surface area contributed by atoms with Crippen molar-refractivity contribution in [3.8, 4) is 0 Å². The Labute approximate surface area is 116 Å². The molecular formula is C15H16BrNO. The Morgan fingerprint density at radius 3 is 2.39 bits per heavy atom. The second kappa shape index (κ2) is 6.03. The van der Waals surface area contributed by atoms with Crippen LogP contribution in [0.3, 0.4) is 0 Å². The topological polar surface area (TPSA) is 32.3 Å². The van der Waals surface area contributed by atoms with Crippen LogP contribution in [0.1, 0.15) is 16.7 Å². The van der Waals surface area contributed by atoms with Crippen LogP contribution in [-0.2, 0) is 13.2 Å². The molecule has 0 heterocycles. The summed E-state index contributed by atoms with van der Waals surface area (Å²) < 4.78 is 1.11. The molecule has 2 rings (SSSR count). The molecule has 2 N–H and O–H groups in total. The van der Waals surface area contributed by atoms with E-state index >= 15 is 0 Å². The van der Waals surface area contributed by atoms with Gasteiger partial charge in [-0.25, -0.2) is 0 Å². The van der Waals surface area contributed by atoms with Crippen LogP contribution in [0.5, 0.6) is 0 Å². The highest BCUT2D eigenvalue weighted by Gasteiger charge is 2.01. The number of aliphatic hydroxyl groups excluding tert-OH is 1. The minimum absolute atomic E-state index is 0.0957. The summed E-state index contributed by atoms with van der Waals surface area (Å²) in [5.41, 5.74) is 4.49. The van der Waals surface area contributed by atoms with Crippen LogP contribution in [0.25, 0.3) is 0 Å². The summed E-state index contributed by atoms with van der Waals surface area (Å²) in [5, 5.41) is 12.4. The number of aliphatic hydroxyl groups is 1. The Morgan fingerprint density at radius 2 is 1.72 bits per heavy atom. The van der Waals surface area contributed by atoms with Gasteiger partial charge in [0.05, 0.1) is 6.61 Å². The van der Waals surface area contributed by atoms with E-state index in [-0.39, 0.29) is 6.61 Å². The quantitative estimate of drug-likeness (QED) is 0.899. The molecule has 0 aliphatic rings. The van der Waals surface area contributed by atoms with Crippen molar-refractivity contribution in [2.45, 2.75) is 20.1 Å². The van der Waals surface area contributed by atoms with E-state index in [2.05, 4.69) is 34.2 Å². The highest BCUT2D eigenvalue weighted by molar-refractivity contribution is 9.10. The van der Waals surface area contributed by atoms with Crippen molar-refractivity contribution >= 4 is 21.6 Å². The molecule has 2 aromatic rings. The van der Waals surface area contributed by atoms with Crippen LogP contribution >= 0.6 is 15.9 Å². The Hall–Kier alpha value is -1.32. The first-order chi connectivity index (χ1) is 8.70. The third-order valence-corrected chi connectivity index (χ3v) is 3.82. The number of hydrogen-bond donors (Lipinski definition) is 2. The van der Waals surface area contributed by atoms with Crippen molar-refractivity contribution in [2.24, 2.45) is 0 Å². The van der Waals surface area contributed by atoms with Gasteiger partial charge >= 0.3 is 0 Å². The molecule has 2 nitrogen and oxygen atoms in total. The van der Waals surface area contributed by atoms with Gasteiger partial charge in [0, 0.05) is 16.7 Å². The SMILES string of the molecule is Cc1c(Br)cccc1NCc1ccc(CO)cc1. The van der Waals surface area contributed by atoms with Crippen molar-refractivity contribution < 1.29 is 5.11 Å². The third kappa shape index (κ3) is 3.12. The highest BCUT2D eigenvalue weighted by Crippen LogP contribution is 2.23. The van der Waals surface area contributed by atoms with Gasteiger partial charge in [-0.3, -0.25) is 0 Å². The fourth-order valence-electron chi connectivity index (χ4n) is 1.76.